The van der Waals surface area contributed by atoms with Crippen LogP contribution in [0.2, 0.25) is 0 Å². The summed E-state index contributed by atoms with van der Waals surface area (Å²) in [5.74, 6) is -0.0662. The Balaban J connectivity index is 3.45. The van der Waals surface area contributed by atoms with Crippen molar-refractivity contribution in [2.75, 3.05) is 13.2 Å². The molecule has 6 nitrogen and oxygen atoms in total. The lowest BCUT2D eigenvalue weighted by molar-refractivity contribution is -0.143. The van der Waals surface area contributed by atoms with Crippen molar-refractivity contribution < 1.29 is 24.5 Å². The van der Waals surface area contributed by atoms with E-state index >= 15 is 0 Å². The van der Waals surface area contributed by atoms with Gasteiger partial charge in [0.25, 0.3) is 0 Å². The van der Waals surface area contributed by atoms with Crippen LogP contribution in [0, 0.1) is 0 Å². The Hall–Kier alpha value is -2.44. The molecular weight excluding hydrogens is 1020 g/mol. The van der Waals surface area contributed by atoms with Crippen LogP contribution in [0.25, 0.3) is 0 Å². The van der Waals surface area contributed by atoms with Crippen LogP contribution in [-0.4, -0.2) is 47.4 Å². The van der Waals surface area contributed by atoms with Crippen molar-refractivity contribution in [1.29, 1.82) is 0 Å². The highest BCUT2D eigenvalue weighted by atomic mass is 16.5. The summed E-state index contributed by atoms with van der Waals surface area (Å²) in [5, 5.41) is 23.3. The number of aliphatic hydroxyl groups is 2. The molecular formula is C77H143NO5. The van der Waals surface area contributed by atoms with E-state index < -0.39 is 12.1 Å². The first-order chi connectivity index (χ1) is 41.0. The van der Waals surface area contributed by atoms with Gasteiger partial charge in [0.05, 0.1) is 25.4 Å². The summed E-state index contributed by atoms with van der Waals surface area (Å²) in [6.07, 6.45) is 95.9. The average Bonchev–Trinajstić information content (AvgIpc) is 3.48. The van der Waals surface area contributed by atoms with Gasteiger partial charge in [-0.2, -0.15) is 0 Å². The first-order valence-electron chi connectivity index (χ1n) is 37.1. The van der Waals surface area contributed by atoms with Crippen LogP contribution in [-0.2, 0) is 14.3 Å². The molecule has 0 aliphatic carbocycles. The Bertz CT molecular complexity index is 1430. The second-order valence-electron chi connectivity index (χ2n) is 25.3. The zero-order valence-corrected chi connectivity index (χ0v) is 55.7. The Kier molecular flexibility index (Phi) is 69.9. The third-order valence-corrected chi connectivity index (χ3v) is 17.0. The van der Waals surface area contributed by atoms with Gasteiger partial charge in [-0.15, -0.1) is 0 Å². The SMILES string of the molecule is CCCCC/C=C\C/C=C\CCCCCCCCCCCC(=O)OCCCCCCCCCCC/C=C\C/C=C\CCCCCCCCCCCC(=O)NC(CO)C(O)/C=C/CCCCCCCCCCCCCCCCCCCCCC. The van der Waals surface area contributed by atoms with E-state index in [1.54, 1.807) is 6.08 Å². The molecule has 0 aliphatic rings. The van der Waals surface area contributed by atoms with Crippen molar-refractivity contribution >= 4 is 11.9 Å². The maximum atomic E-state index is 12.5. The third kappa shape index (κ3) is 68.5. The average molecular weight is 1160 g/mol. The maximum absolute atomic E-state index is 12.5. The van der Waals surface area contributed by atoms with E-state index in [1.165, 1.54) is 308 Å². The van der Waals surface area contributed by atoms with Crippen molar-refractivity contribution in [3.63, 3.8) is 0 Å². The van der Waals surface area contributed by atoms with Gasteiger partial charge < -0.3 is 20.3 Å². The molecule has 2 unspecified atom stereocenters. The zero-order valence-electron chi connectivity index (χ0n) is 55.7. The van der Waals surface area contributed by atoms with Gasteiger partial charge >= 0.3 is 5.97 Å². The predicted octanol–water partition coefficient (Wildman–Crippen LogP) is 24.2. The zero-order chi connectivity index (χ0) is 59.9. The number of ether oxygens (including phenoxy) is 1. The molecule has 0 heterocycles. The van der Waals surface area contributed by atoms with E-state index in [1.807, 2.05) is 6.08 Å². The summed E-state index contributed by atoms with van der Waals surface area (Å²) in [5.41, 5.74) is 0. The van der Waals surface area contributed by atoms with Gasteiger partial charge in [0.1, 0.15) is 0 Å². The molecule has 0 spiro atoms. The molecule has 0 radical (unpaired) electrons. The number of carbonyl (C=O) groups excluding carboxylic acids is 2. The summed E-state index contributed by atoms with van der Waals surface area (Å²) in [6, 6.07) is -0.635. The number of hydrogen-bond donors (Lipinski definition) is 3. The van der Waals surface area contributed by atoms with Gasteiger partial charge in [-0.1, -0.05) is 344 Å². The Labute approximate surface area is 518 Å². The lowest BCUT2D eigenvalue weighted by Crippen LogP contribution is -2.45. The number of allylic oxidation sites excluding steroid dienone is 9. The van der Waals surface area contributed by atoms with E-state index in [9.17, 15) is 19.8 Å². The van der Waals surface area contributed by atoms with E-state index in [0.717, 1.165) is 57.8 Å². The molecule has 0 aliphatic heterocycles. The van der Waals surface area contributed by atoms with Gasteiger partial charge in [0.15, 0.2) is 0 Å². The number of unbranched alkanes of at least 4 members (excludes halogenated alkanes) is 50. The quantitative estimate of drug-likeness (QED) is 0.0320. The van der Waals surface area contributed by atoms with Crippen LogP contribution in [0.4, 0.5) is 0 Å². The normalized spacial score (nSPS) is 12.9. The van der Waals surface area contributed by atoms with Crippen LogP contribution < -0.4 is 5.32 Å². The molecule has 2 atom stereocenters. The molecule has 3 N–H and O–H groups in total. The highest BCUT2D eigenvalue weighted by Crippen LogP contribution is 2.18. The van der Waals surface area contributed by atoms with Gasteiger partial charge in [-0.3, -0.25) is 9.59 Å². The van der Waals surface area contributed by atoms with Gasteiger partial charge in [0.2, 0.25) is 5.91 Å². The van der Waals surface area contributed by atoms with Crippen LogP contribution in [0.5, 0.6) is 0 Å². The smallest absolute Gasteiger partial charge is 0.305 e. The lowest BCUT2D eigenvalue weighted by Gasteiger charge is -2.20. The first-order valence-corrected chi connectivity index (χ1v) is 37.1. The molecule has 0 saturated carbocycles. The highest BCUT2D eigenvalue weighted by Gasteiger charge is 2.18. The summed E-state index contributed by atoms with van der Waals surface area (Å²) in [6.45, 7) is 4.90. The number of carbonyl (C=O) groups is 2. The molecule has 0 aromatic carbocycles. The molecule has 0 rings (SSSR count). The fourth-order valence-corrected chi connectivity index (χ4v) is 11.3. The largest absolute Gasteiger partial charge is 0.466 e. The van der Waals surface area contributed by atoms with E-state index in [4.69, 9.17) is 4.74 Å². The molecule has 0 aromatic heterocycles. The minimum Gasteiger partial charge on any atom is -0.466 e. The lowest BCUT2D eigenvalue weighted by atomic mass is 10.0. The molecule has 0 aromatic rings. The van der Waals surface area contributed by atoms with Crippen molar-refractivity contribution in [1.82, 2.24) is 5.32 Å². The summed E-state index contributed by atoms with van der Waals surface area (Å²) in [4.78, 5) is 24.6. The van der Waals surface area contributed by atoms with Gasteiger partial charge in [0, 0.05) is 12.8 Å². The summed E-state index contributed by atoms with van der Waals surface area (Å²) < 4.78 is 5.50. The van der Waals surface area contributed by atoms with E-state index in [2.05, 4.69) is 67.8 Å². The number of nitrogens with one attached hydrogen (secondary N) is 1. The number of rotatable bonds is 69. The van der Waals surface area contributed by atoms with Crippen LogP contribution in [0.1, 0.15) is 393 Å². The van der Waals surface area contributed by atoms with Gasteiger partial charge in [-0.05, 0) is 96.3 Å². The van der Waals surface area contributed by atoms with Crippen molar-refractivity contribution in [3.8, 4) is 0 Å². The molecule has 486 valence electrons. The van der Waals surface area contributed by atoms with Crippen LogP contribution in [0.15, 0.2) is 60.8 Å². The fraction of sp³-hybridized carbons (Fsp3) is 0.844. The highest BCUT2D eigenvalue weighted by molar-refractivity contribution is 5.76. The second kappa shape index (κ2) is 72.0. The molecule has 0 bridgehead atoms. The van der Waals surface area contributed by atoms with E-state index in [-0.39, 0.29) is 18.5 Å². The fourth-order valence-electron chi connectivity index (χ4n) is 11.3. The first kappa shape index (κ1) is 80.6. The predicted molar refractivity (Wildman–Crippen MR) is 365 cm³/mol. The second-order valence-corrected chi connectivity index (χ2v) is 25.3. The summed E-state index contributed by atoms with van der Waals surface area (Å²) >= 11 is 0. The number of amides is 1. The van der Waals surface area contributed by atoms with Gasteiger partial charge in [-0.25, -0.2) is 0 Å². The van der Waals surface area contributed by atoms with Crippen molar-refractivity contribution in [2.24, 2.45) is 0 Å². The van der Waals surface area contributed by atoms with Crippen LogP contribution in [0.3, 0.4) is 0 Å². The Morgan fingerprint density at radius 1 is 0.337 bits per heavy atom. The monoisotopic (exact) mass is 1160 g/mol. The minimum absolute atomic E-state index is 0.00494. The standard InChI is InChI=1S/C77H143NO5/c1-3-5-7-9-11-13-15-17-19-21-23-24-30-34-37-41-45-49-53-57-61-65-69-75(80)74(73-79)78-76(81)70-66-62-58-54-50-46-42-38-35-31-28-26-25-27-29-32-36-40-44-48-52-56-60-64-68-72-83-77(82)71-67-63-59-55-51-47-43-39-33-22-20-18-16-14-12-10-8-6-4-2/h12,14,18,20,26-29,65,69,74-75,79-80H,3-11,13,15-17,19,21-25,30-64,66-68,70-73H2,1-2H3,(H,78,81)/b14-12-,20-18-,28-26-,29-27-,69-65+. The molecule has 1 amide bonds. The van der Waals surface area contributed by atoms with E-state index in [0.29, 0.717) is 19.4 Å². The number of esters is 1. The van der Waals surface area contributed by atoms with Crippen LogP contribution >= 0.6 is 0 Å². The minimum atomic E-state index is -0.851. The molecule has 0 fully saturated rings. The van der Waals surface area contributed by atoms with Crippen molar-refractivity contribution in [3.05, 3.63) is 60.8 Å². The Morgan fingerprint density at radius 2 is 0.602 bits per heavy atom. The van der Waals surface area contributed by atoms with Crippen molar-refractivity contribution in [2.45, 2.75) is 405 Å². The molecule has 83 heavy (non-hydrogen) atoms. The molecule has 6 heteroatoms. The molecule has 0 saturated heterocycles. The number of aliphatic hydroxyl groups excluding tert-OH is 2. The Morgan fingerprint density at radius 3 is 0.940 bits per heavy atom. The topological polar surface area (TPSA) is 95.9 Å². The number of hydrogen-bond acceptors (Lipinski definition) is 5. The maximum Gasteiger partial charge on any atom is 0.305 e. The third-order valence-electron chi connectivity index (χ3n) is 17.0. The summed E-state index contributed by atoms with van der Waals surface area (Å²) in [7, 11) is 0.